The lowest BCUT2D eigenvalue weighted by atomic mass is 9.85. The molecular weight excluding hydrogens is 279 g/mol. The minimum atomic E-state index is -4.06. The van der Waals surface area contributed by atoms with Crippen molar-refractivity contribution in [3.63, 3.8) is 0 Å². The Bertz CT molecular complexity index is 413. The van der Waals surface area contributed by atoms with Gasteiger partial charge in [-0.05, 0) is 37.7 Å². The highest BCUT2D eigenvalue weighted by atomic mass is 19.4. The van der Waals surface area contributed by atoms with Crippen molar-refractivity contribution in [2.75, 3.05) is 6.61 Å². The summed E-state index contributed by atoms with van der Waals surface area (Å²) >= 11 is 0. The number of aliphatic hydroxyl groups is 1. The highest BCUT2D eigenvalue weighted by molar-refractivity contribution is 5.16. The SMILES string of the molecule is OC[C@H](Cc1ccccc1)NC1CCC(C(F)(F)F)CC1. The first-order valence-corrected chi connectivity index (χ1v) is 7.46. The molecule has 0 unspecified atom stereocenters. The van der Waals surface area contributed by atoms with Gasteiger partial charge in [-0.25, -0.2) is 0 Å². The van der Waals surface area contributed by atoms with E-state index in [4.69, 9.17) is 0 Å². The third kappa shape index (κ3) is 5.00. The van der Waals surface area contributed by atoms with Gasteiger partial charge in [-0.1, -0.05) is 30.3 Å². The molecule has 0 amide bonds. The first-order chi connectivity index (χ1) is 9.99. The third-order valence-electron chi connectivity index (χ3n) is 4.21. The number of rotatable bonds is 5. The fourth-order valence-corrected chi connectivity index (χ4v) is 3.00. The lowest BCUT2D eigenvalue weighted by Crippen LogP contribution is -2.44. The number of benzene rings is 1. The van der Waals surface area contributed by atoms with Crippen molar-refractivity contribution in [2.45, 2.75) is 50.4 Å². The predicted molar refractivity (Wildman–Crippen MR) is 76.0 cm³/mol. The van der Waals surface area contributed by atoms with Gasteiger partial charge in [0.1, 0.15) is 0 Å². The van der Waals surface area contributed by atoms with E-state index in [1.54, 1.807) is 0 Å². The molecule has 21 heavy (non-hydrogen) atoms. The molecule has 0 radical (unpaired) electrons. The maximum atomic E-state index is 12.6. The van der Waals surface area contributed by atoms with Gasteiger partial charge in [-0.3, -0.25) is 0 Å². The number of hydrogen-bond acceptors (Lipinski definition) is 2. The summed E-state index contributed by atoms with van der Waals surface area (Å²) in [6.07, 6.45) is -1.96. The summed E-state index contributed by atoms with van der Waals surface area (Å²) in [5.74, 6) is -1.16. The minimum absolute atomic E-state index is 0.00586. The predicted octanol–water partition coefficient (Wildman–Crippen LogP) is 3.30. The van der Waals surface area contributed by atoms with Gasteiger partial charge in [0, 0.05) is 12.1 Å². The number of hydrogen-bond donors (Lipinski definition) is 2. The molecule has 0 aromatic heterocycles. The first-order valence-electron chi connectivity index (χ1n) is 7.46. The molecule has 0 saturated heterocycles. The van der Waals surface area contributed by atoms with Crippen molar-refractivity contribution in [1.82, 2.24) is 5.32 Å². The largest absolute Gasteiger partial charge is 0.395 e. The van der Waals surface area contributed by atoms with Gasteiger partial charge < -0.3 is 10.4 Å². The van der Waals surface area contributed by atoms with E-state index < -0.39 is 12.1 Å². The zero-order valence-corrected chi connectivity index (χ0v) is 11.9. The van der Waals surface area contributed by atoms with Crippen LogP contribution in [0.2, 0.25) is 0 Å². The highest BCUT2D eigenvalue weighted by Gasteiger charge is 2.41. The molecule has 0 heterocycles. The second-order valence-corrected chi connectivity index (χ2v) is 5.83. The zero-order valence-electron chi connectivity index (χ0n) is 11.9. The van der Waals surface area contributed by atoms with Crippen LogP contribution in [0, 0.1) is 5.92 Å². The van der Waals surface area contributed by atoms with E-state index in [1.807, 2.05) is 30.3 Å². The van der Waals surface area contributed by atoms with Crippen molar-refractivity contribution >= 4 is 0 Å². The van der Waals surface area contributed by atoms with Gasteiger partial charge in [-0.2, -0.15) is 13.2 Å². The molecule has 2 rings (SSSR count). The number of aliphatic hydroxyl groups excluding tert-OH is 1. The van der Waals surface area contributed by atoms with Crippen LogP contribution in [0.15, 0.2) is 30.3 Å². The Labute approximate surface area is 123 Å². The fourth-order valence-electron chi connectivity index (χ4n) is 3.00. The second kappa shape index (κ2) is 7.27. The second-order valence-electron chi connectivity index (χ2n) is 5.83. The summed E-state index contributed by atoms with van der Waals surface area (Å²) in [5, 5.41) is 12.8. The average Bonchev–Trinajstić information content (AvgIpc) is 2.47. The van der Waals surface area contributed by atoms with Crippen LogP contribution in [-0.4, -0.2) is 30.0 Å². The topological polar surface area (TPSA) is 32.3 Å². The lowest BCUT2D eigenvalue weighted by molar-refractivity contribution is -0.182. The Morgan fingerprint density at radius 2 is 1.71 bits per heavy atom. The van der Waals surface area contributed by atoms with Gasteiger partial charge in [0.2, 0.25) is 0 Å². The molecule has 1 saturated carbocycles. The summed E-state index contributed by atoms with van der Waals surface area (Å²) in [5.41, 5.74) is 1.12. The molecule has 1 aromatic rings. The van der Waals surface area contributed by atoms with E-state index in [1.165, 1.54) is 0 Å². The molecule has 118 valence electrons. The van der Waals surface area contributed by atoms with Gasteiger partial charge in [-0.15, -0.1) is 0 Å². The highest BCUT2D eigenvalue weighted by Crippen LogP contribution is 2.37. The Kier molecular flexibility index (Phi) is 5.65. The average molecular weight is 301 g/mol. The van der Waals surface area contributed by atoms with Gasteiger partial charge in [0.05, 0.1) is 12.5 Å². The van der Waals surface area contributed by atoms with Crippen molar-refractivity contribution in [1.29, 1.82) is 0 Å². The van der Waals surface area contributed by atoms with E-state index in [9.17, 15) is 18.3 Å². The van der Waals surface area contributed by atoms with E-state index in [2.05, 4.69) is 5.32 Å². The monoisotopic (exact) mass is 301 g/mol. The van der Waals surface area contributed by atoms with Crippen LogP contribution in [0.5, 0.6) is 0 Å². The molecule has 1 aromatic carbocycles. The molecule has 1 fully saturated rings. The summed E-state index contributed by atoms with van der Waals surface area (Å²) in [6, 6.07) is 9.78. The lowest BCUT2D eigenvalue weighted by Gasteiger charge is -2.32. The van der Waals surface area contributed by atoms with E-state index in [0.29, 0.717) is 19.3 Å². The zero-order chi connectivity index (χ0) is 15.3. The van der Waals surface area contributed by atoms with Crippen LogP contribution >= 0.6 is 0 Å². The molecule has 0 aliphatic heterocycles. The van der Waals surface area contributed by atoms with Gasteiger partial charge in [0.25, 0.3) is 0 Å². The summed E-state index contributed by atoms with van der Waals surface area (Å²) in [6.45, 7) is -0.00586. The molecule has 2 nitrogen and oxygen atoms in total. The maximum Gasteiger partial charge on any atom is 0.391 e. The van der Waals surface area contributed by atoms with Gasteiger partial charge >= 0.3 is 6.18 Å². The summed E-state index contributed by atoms with van der Waals surface area (Å²) in [4.78, 5) is 0. The smallest absolute Gasteiger partial charge is 0.391 e. The minimum Gasteiger partial charge on any atom is -0.395 e. The Morgan fingerprint density at radius 3 is 2.24 bits per heavy atom. The first kappa shape index (κ1) is 16.3. The van der Waals surface area contributed by atoms with Crippen LogP contribution in [0.1, 0.15) is 31.2 Å². The normalized spacial score (nSPS) is 24.8. The van der Waals surface area contributed by atoms with Crippen molar-refractivity contribution in [3.05, 3.63) is 35.9 Å². The van der Waals surface area contributed by atoms with Crippen LogP contribution < -0.4 is 5.32 Å². The summed E-state index contributed by atoms with van der Waals surface area (Å²) in [7, 11) is 0. The fraction of sp³-hybridized carbons (Fsp3) is 0.625. The van der Waals surface area contributed by atoms with Crippen LogP contribution in [0.25, 0.3) is 0 Å². The molecule has 1 atom stereocenters. The third-order valence-corrected chi connectivity index (χ3v) is 4.21. The quantitative estimate of drug-likeness (QED) is 0.874. The maximum absolute atomic E-state index is 12.6. The Balaban J connectivity index is 1.81. The standard InChI is InChI=1S/C16H22F3NO/c17-16(18,19)13-6-8-14(9-7-13)20-15(11-21)10-12-4-2-1-3-5-12/h1-5,13-15,20-21H,6-11H2/t13?,14?,15-/m0/s1. The van der Waals surface area contributed by atoms with Crippen molar-refractivity contribution in [2.24, 2.45) is 5.92 Å². The molecule has 1 aliphatic rings. The number of halogens is 3. The molecule has 2 N–H and O–H groups in total. The van der Waals surface area contributed by atoms with Crippen molar-refractivity contribution < 1.29 is 18.3 Å². The molecule has 0 bridgehead atoms. The van der Waals surface area contributed by atoms with Gasteiger partial charge in [0.15, 0.2) is 0 Å². The summed E-state index contributed by atoms with van der Waals surface area (Å²) < 4.78 is 37.9. The number of alkyl halides is 3. The molecule has 0 spiro atoms. The van der Waals surface area contributed by atoms with Crippen LogP contribution in [0.4, 0.5) is 13.2 Å². The van der Waals surface area contributed by atoms with Crippen LogP contribution in [0.3, 0.4) is 0 Å². The Morgan fingerprint density at radius 1 is 1.10 bits per heavy atom. The van der Waals surface area contributed by atoms with E-state index >= 15 is 0 Å². The van der Waals surface area contributed by atoms with Crippen molar-refractivity contribution in [3.8, 4) is 0 Å². The molecular formula is C16H22F3NO. The Hall–Kier alpha value is -1.07. The number of nitrogens with one attached hydrogen (secondary N) is 1. The van der Waals surface area contributed by atoms with E-state index in [0.717, 1.165) is 5.56 Å². The molecule has 5 heteroatoms. The van der Waals surface area contributed by atoms with Crippen LogP contribution in [-0.2, 0) is 6.42 Å². The van der Waals surface area contributed by atoms with E-state index in [-0.39, 0.29) is 31.5 Å². The molecule has 1 aliphatic carbocycles.